The number of aliphatic hydroxyl groups excluding tert-OH is 1. The van der Waals surface area contributed by atoms with Gasteiger partial charge in [0.2, 0.25) is 0 Å². The normalized spacial score (nSPS) is 22.1. The molecule has 100 valence electrons. The summed E-state index contributed by atoms with van der Waals surface area (Å²) in [6, 6.07) is 4.99. The summed E-state index contributed by atoms with van der Waals surface area (Å²) >= 11 is 3.26. The average Bonchev–Trinajstić information content (AvgIpc) is 2.51. The van der Waals surface area contributed by atoms with Crippen molar-refractivity contribution in [1.82, 2.24) is 0 Å². The molecule has 1 heterocycles. The molecule has 1 aromatic carbocycles. The van der Waals surface area contributed by atoms with Crippen LogP contribution in [0.25, 0.3) is 0 Å². The van der Waals surface area contributed by atoms with E-state index in [9.17, 15) is 19.8 Å². The number of allylic oxidation sites excluding steroid dienone is 1. The fraction of sp³-hybridized carbons (Fsp3) is 0.231. The highest BCUT2D eigenvalue weighted by molar-refractivity contribution is 9.10. The molecule has 3 N–H and O–H groups in total. The molecule has 2 rings (SSSR count). The van der Waals surface area contributed by atoms with E-state index >= 15 is 0 Å². The van der Waals surface area contributed by atoms with Crippen LogP contribution in [0, 0.1) is 0 Å². The summed E-state index contributed by atoms with van der Waals surface area (Å²) in [6.07, 6.45) is 0.642. The molecule has 1 atom stereocenters. The number of aliphatic hydroxyl groups is 2. The number of hydrogen-bond acceptors (Lipinski definition) is 4. The van der Waals surface area contributed by atoms with Gasteiger partial charge in [-0.05, 0) is 25.1 Å². The summed E-state index contributed by atoms with van der Waals surface area (Å²) in [4.78, 5) is 22.8. The van der Waals surface area contributed by atoms with E-state index in [1.165, 1.54) is 6.92 Å². The third-order valence-electron chi connectivity index (χ3n) is 2.86. The maximum absolute atomic E-state index is 11.9. The number of fused-ring (bicyclic) bond motifs is 1. The van der Waals surface area contributed by atoms with Gasteiger partial charge in [0.25, 0.3) is 5.91 Å². The quantitative estimate of drug-likeness (QED) is 0.586. The lowest BCUT2D eigenvalue weighted by Crippen LogP contribution is -2.34. The number of anilines is 1. The number of ketones is 1. The monoisotopic (exact) mass is 325 g/mol. The van der Waals surface area contributed by atoms with Crippen molar-refractivity contribution in [2.75, 3.05) is 5.32 Å². The van der Waals surface area contributed by atoms with Crippen LogP contribution >= 0.6 is 15.9 Å². The second-order valence-electron chi connectivity index (χ2n) is 4.43. The van der Waals surface area contributed by atoms with Gasteiger partial charge in [0.15, 0.2) is 11.4 Å². The molecule has 0 radical (unpaired) electrons. The minimum absolute atomic E-state index is 0.335. The summed E-state index contributed by atoms with van der Waals surface area (Å²) in [5.74, 6) is -1.31. The van der Waals surface area contributed by atoms with Crippen LogP contribution in [0.15, 0.2) is 34.5 Å². The van der Waals surface area contributed by atoms with Crippen molar-refractivity contribution < 1.29 is 19.8 Å². The average molecular weight is 326 g/mol. The lowest BCUT2D eigenvalue weighted by atomic mass is 9.91. The Morgan fingerprint density at radius 2 is 2.21 bits per heavy atom. The van der Waals surface area contributed by atoms with Crippen LogP contribution in [0.3, 0.4) is 0 Å². The molecule has 1 aliphatic rings. The highest BCUT2D eigenvalue weighted by atomic mass is 79.9. The number of rotatable bonds is 3. The Morgan fingerprint density at radius 3 is 2.84 bits per heavy atom. The molecule has 0 fully saturated rings. The van der Waals surface area contributed by atoms with Gasteiger partial charge in [-0.1, -0.05) is 15.9 Å². The lowest BCUT2D eigenvalue weighted by Gasteiger charge is -2.20. The van der Waals surface area contributed by atoms with Gasteiger partial charge in [0.05, 0.1) is 5.76 Å². The predicted molar refractivity (Wildman–Crippen MR) is 72.7 cm³/mol. The van der Waals surface area contributed by atoms with Crippen molar-refractivity contribution >= 4 is 33.3 Å². The second kappa shape index (κ2) is 4.79. The van der Waals surface area contributed by atoms with Crippen molar-refractivity contribution in [2.45, 2.75) is 18.9 Å². The smallest absolute Gasteiger partial charge is 0.261 e. The van der Waals surface area contributed by atoms with E-state index in [0.717, 1.165) is 6.08 Å². The molecule has 6 heteroatoms. The molecule has 0 spiro atoms. The van der Waals surface area contributed by atoms with E-state index in [1.807, 2.05) is 0 Å². The van der Waals surface area contributed by atoms with Gasteiger partial charge in [-0.2, -0.15) is 0 Å². The van der Waals surface area contributed by atoms with Crippen LogP contribution in [0.5, 0.6) is 0 Å². The van der Waals surface area contributed by atoms with Gasteiger partial charge in [-0.15, -0.1) is 0 Å². The Bertz CT molecular complexity index is 596. The van der Waals surface area contributed by atoms with E-state index in [-0.39, 0.29) is 18.0 Å². The van der Waals surface area contributed by atoms with E-state index in [0.29, 0.717) is 15.7 Å². The second-order valence-corrected chi connectivity index (χ2v) is 5.34. The number of carbonyl (C=O) groups is 2. The first kappa shape index (κ1) is 13.8. The number of nitrogens with one attached hydrogen (secondary N) is 1. The molecule has 0 aliphatic carbocycles. The molecular weight excluding hydrogens is 314 g/mol. The topological polar surface area (TPSA) is 86.6 Å². The Kier molecular flexibility index (Phi) is 3.47. The number of hydrogen-bond donors (Lipinski definition) is 3. The highest BCUT2D eigenvalue weighted by Gasteiger charge is 2.46. The standard InChI is InChI=1S/C13H12BrNO4/c1-7(16)4-9(17)6-13(19)10-5-8(14)2-3-11(10)15-12(13)18/h2-5,17,19H,6H2,1H3,(H,15,18)/b9-4+/t13-/m1/s1. The fourth-order valence-electron chi connectivity index (χ4n) is 2.04. The van der Waals surface area contributed by atoms with Gasteiger partial charge in [-0.3, -0.25) is 9.59 Å². The van der Waals surface area contributed by atoms with Crippen LogP contribution < -0.4 is 5.32 Å². The van der Waals surface area contributed by atoms with Crippen LogP contribution in [-0.4, -0.2) is 21.9 Å². The third-order valence-corrected chi connectivity index (χ3v) is 3.35. The van der Waals surface area contributed by atoms with Gasteiger partial charge in [0.1, 0.15) is 0 Å². The minimum Gasteiger partial charge on any atom is -0.512 e. The molecule has 5 nitrogen and oxygen atoms in total. The molecular formula is C13H12BrNO4. The zero-order valence-corrected chi connectivity index (χ0v) is 11.7. The van der Waals surface area contributed by atoms with E-state index in [4.69, 9.17) is 0 Å². The summed E-state index contributed by atoms with van der Waals surface area (Å²) in [6.45, 7) is 1.28. The Hall–Kier alpha value is -1.66. The van der Waals surface area contributed by atoms with Crippen LogP contribution in [0.4, 0.5) is 5.69 Å². The van der Waals surface area contributed by atoms with Gasteiger partial charge < -0.3 is 15.5 Å². The van der Waals surface area contributed by atoms with E-state index in [2.05, 4.69) is 21.2 Å². The number of amides is 1. The molecule has 19 heavy (non-hydrogen) atoms. The molecule has 0 saturated carbocycles. The third kappa shape index (κ3) is 2.54. The number of halogens is 1. The van der Waals surface area contributed by atoms with Crippen molar-refractivity contribution in [2.24, 2.45) is 0 Å². The summed E-state index contributed by atoms with van der Waals surface area (Å²) in [7, 11) is 0. The molecule has 0 saturated heterocycles. The van der Waals surface area contributed by atoms with Crippen molar-refractivity contribution in [3.05, 3.63) is 40.1 Å². The number of benzene rings is 1. The minimum atomic E-state index is -1.87. The fourth-order valence-corrected chi connectivity index (χ4v) is 2.40. The lowest BCUT2D eigenvalue weighted by molar-refractivity contribution is -0.134. The zero-order chi connectivity index (χ0) is 14.2. The highest BCUT2D eigenvalue weighted by Crippen LogP contribution is 2.40. The van der Waals surface area contributed by atoms with Crippen molar-refractivity contribution in [3.63, 3.8) is 0 Å². The summed E-state index contributed by atoms with van der Waals surface area (Å²) in [5, 5.41) is 22.7. The maximum Gasteiger partial charge on any atom is 0.261 e. The molecule has 1 amide bonds. The number of carbonyl (C=O) groups excluding carboxylic acids is 2. The van der Waals surface area contributed by atoms with E-state index < -0.39 is 11.5 Å². The first-order chi connectivity index (χ1) is 8.83. The molecule has 0 aromatic heterocycles. The summed E-state index contributed by atoms with van der Waals surface area (Å²) in [5.41, 5.74) is -1.00. The molecule has 1 aromatic rings. The Balaban J connectivity index is 2.41. The van der Waals surface area contributed by atoms with E-state index in [1.54, 1.807) is 18.2 Å². The van der Waals surface area contributed by atoms with Crippen LogP contribution in [0.2, 0.25) is 0 Å². The first-order valence-corrected chi connectivity index (χ1v) is 6.36. The predicted octanol–water partition coefficient (Wildman–Crippen LogP) is 2.01. The Labute approximate surface area is 118 Å². The largest absolute Gasteiger partial charge is 0.512 e. The molecule has 0 bridgehead atoms. The van der Waals surface area contributed by atoms with Gasteiger partial charge in [0, 0.05) is 28.2 Å². The van der Waals surface area contributed by atoms with Gasteiger partial charge >= 0.3 is 0 Å². The van der Waals surface area contributed by atoms with Crippen LogP contribution in [0.1, 0.15) is 18.9 Å². The van der Waals surface area contributed by atoms with Crippen LogP contribution in [-0.2, 0) is 15.2 Å². The van der Waals surface area contributed by atoms with Crippen molar-refractivity contribution in [3.8, 4) is 0 Å². The molecule has 1 aliphatic heterocycles. The SMILES string of the molecule is CC(=O)/C=C(/O)C[C@]1(O)C(=O)Nc2ccc(Br)cc21. The zero-order valence-electron chi connectivity index (χ0n) is 10.1. The maximum atomic E-state index is 11.9. The molecule has 0 unspecified atom stereocenters. The summed E-state index contributed by atoms with van der Waals surface area (Å²) < 4.78 is 0.705. The Morgan fingerprint density at radius 1 is 1.53 bits per heavy atom. The van der Waals surface area contributed by atoms with Gasteiger partial charge in [-0.25, -0.2) is 0 Å². The van der Waals surface area contributed by atoms with Crippen molar-refractivity contribution in [1.29, 1.82) is 0 Å². The first-order valence-electron chi connectivity index (χ1n) is 5.57.